The highest BCUT2D eigenvalue weighted by atomic mass is 16.5. The first kappa shape index (κ1) is 13.4. The molecule has 0 aliphatic rings. The van der Waals surface area contributed by atoms with Crippen molar-refractivity contribution in [1.82, 2.24) is 4.98 Å². The molecule has 4 heteroatoms. The monoisotopic (exact) mass is 258 g/mol. The predicted molar refractivity (Wildman–Crippen MR) is 77.5 cm³/mol. The quantitative estimate of drug-likeness (QED) is 0.618. The molecular formula is C15H18N2O2. The summed E-state index contributed by atoms with van der Waals surface area (Å²) in [4.78, 5) is 4.29. The fourth-order valence-corrected chi connectivity index (χ4v) is 1.79. The zero-order valence-electron chi connectivity index (χ0n) is 11.0. The number of hydrogen-bond donors (Lipinski definition) is 2. The normalized spacial score (nSPS) is 10.6. The van der Waals surface area contributed by atoms with Gasteiger partial charge in [0.1, 0.15) is 11.6 Å². The van der Waals surface area contributed by atoms with Crippen LogP contribution in [0.15, 0.2) is 42.6 Å². The summed E-state index contributed by atoms with van der Waals surface area (Å²) in [6, 6.07) is 7.16. The summed E-state index contributed by atoms with van der Waals surface area (Å²) >= 11 is 0. The third-order valence-corrected chi connectivity index (χ3v) is 2.64. The van der Waals surface area contributed by atoms with Crippen LogP contribution in [0.5, 0.6) is 5.75 Å². The number of ether oxygens (including phenoxy) is 1. The van der Waals surface area contributed by atoms with Crippen molar-refractivity contribution in [3.8, 4) is 5.75 Å². The Kier molecular flexibility index (Phi) is 4.36. The molecule has 2 rings (SSSR count). The molecule has 0 aliphatic carbocycles. The smallest absolute Gasteiger partial charge is 0.134 e. The summed E-state index contributed by atoms with van der Waals surface area (Å²) in [5, 5.41) is 14.7. The van der Waals surface area contributed by atoms with Gasteiger partial charge in [0.2, 0.25) is 0 Å². The van der Waals surface area contributed by atoms with E-state index in [2.05, 4.69) is 16.9 Å². The Morgan fingerprint density at radius 1 is 1.42 bits per heavy atom. The van der Waals surface area contributed by atoms with Gasteiger partial charge in [0.05, 0.1) is 13.2 Å². The zero-order chi connectivity index (χ0) is 13.7. The molecule has 0 spiro atoms. The Bertz CT molecular complexity index is 581. The Balaban J connectivity index is 2.00. The standard InChI is InChI=1S/C15H18N2O2/c1-11(2)10-19-8-7-17-15-14-9-13(18)4-3-12(14)5-6-16-15/h3-6,9,18H,1,7-8,10H2,2H3,(H,16,17). The highest BCUT2D eigenvalue weighted by molar-refractivity contribution is 5.92. The number of fused-ring (bicyclic) bond motifs is 1. The molecule has 0 fully saturated rings. The zero-order valence-corrected chi connectivity index (χ0v) is 11.0. The van der Waals surface area contributed by atoms with Gasteiger partial charge in [0.15, 0.2) is 0 Å². The van der Waals surface area contributed by atoms with E-state index in [0.717, 1.165) is 22.2 Å². The van der Waals surface area contributed by atoms with Gasteiger partial charge in [-0.25, -0.2) is 4.98 Å². The number of nitrogens with zero attached hydrogens (tertiary/aromatic N) is 1. The van der Waals surface area contributed by atoms with Crippen LogP contribution in [-0.4, -0.2) is 29.8 Å². The van der Waals surface area contributed by atoms with Gasteiger partial charge in [0, 0.05) is 18.1 Å². The molecular weight excluding hydrogens is 240 g/mol. The number of nitrogens with one attached hydrogen (secondary N) is 1. The van der Waals surface area contributed by atoms with E-state index < -0.39 is 0 Å². The second-order valence-corrected chi connectivity index (χ2v) is 4.50. The van der Waals surface area contributed by atoms with Gasteiger partial charge in [0.25, 0.3) is 0 Å². The molecule has 1 heterocycles. The molecule has 0 saturated carbocycles. The van der Waals surface area contributed by atoms with E-state index in [1.54, 1.807) is 18.3 Å². The highest BCUT2D eigenvalue weighted by Gasteiger charge is 2.02. The number of aromatic nitrogens is 1. The molecule has 0 radical (unpaired) electrons. The van der Waals surface area contributed by atoms with Crippen LogP contribution >= 0.6 is 0 Å². The summed E-state index contributed by atoms with van der Waals surface area (Å²) in [6.45, 7) is 7.53. The Morgan fingerprint density at radius 3 is 3.05 bits per heavy atom. The van der Waals surface area contributed by atoms with Crippen LogP contribution in [0, 0.1) is 0 Å². The molecule has 2 aromatic rings. The fourth-order valence-electron chi connectivity index (χ4n) is 1.79. The molecule has 2 N–H and O–H groups in total. The van der Waals surface area contributed by atoms with Crippen LogP contribution in [0.2, 0.25) is 0 Å². The van der Waals surface area contributed by atoms with E-state index in [-0.39, 0.29) is 5.75 Å². The van der Waals surface area contributed by atoms with Gasteiger partial charge >= 0.3 is 0 Å². The van der Waals surface area contributed by atoms with Crippen molar-refractivity contribution in [2.45, 2.75) is 6.92 Å². The van der Waals surface area contributed by atoms with Crippen LogP contribution in [0.1, 0.15) is 6.92 Å². The Labute approximate surface area is 112 Å². The number of benzene rings is 1. The van der Waals surface area contributed by atoms with E-state index in [9.17, 15) is 5.11 Å². The van der Waals surface area contributed by atoms with Crippen molar-refractivity contribution in [2.75, 3.05) is 25.1 Å². The van der Waals surface area contributed by atoms with Gasteiger partial charge in [-0.1, -0.05) is 18.2 Å². The minimum atomic E-state index is 0.238. The van der Waals surface area contributed by atoms with Gasteiger partial charge < -0.3 is 15.2 Å². The molecule has 1 aromatic carbocycles. The second kappa shape index (κ2) is 6.20. The van der Waals surface area contributed by atoms with Crippen LogP contribution in [0.3, 0.4) is 0 Å². The number of phenolic OH excluding ortho intramolecular Hbond substituents is 1. The van der Waals surface area contributed by atoms with Gasteiger partial charge in [-0.05, 0) is 30.5 Å². The van der Waals surface area contributed by atoms with Gasteiger partial charge in [-0.15, -0.1) is 0 Å². The summed E-state index contributed by atoms with van der Waals surface area (Å²) < 4.78 is 5.41. The molecule has 19 heavy (non-hydrogen) atoms. The van der Waals surface area contributed by atoms with E-state index in [0.29, 0.717) is 19.8 Å². The predicted octanol–water partition coefficient (Wildman–Crippen LogP) is 2.95. The van der Waals surface area contributed by atoms with Crippen LogP contribution in [0.4, 0.5) is 5.82 Å². The maximum Gasteiger partial charge on any atom is 0.134 e. The first-order valence-corrected chi connectivity index (χ1v) is 6.20. The molecule has 0 atom stereocenters. The number of anilines is 1. The van der Waals surface area contributed by atoms with Crippen molar-refractivity contribution in [3.05, 3.63) is 42.6 Å². The molecule has 100 valence electrons. The van der Waals surface area contributed by atoms with Crippen LogP contribution in [0.25, 0.3) is 10.8 Å². The molecule has 1 aromatic heterocycles. The van der Waals surface area contributed by atoms with Gasteiger partial charge in [-0.2, -0.15) is 0 Å². The average Bonchev–Trinajstić information content (AvgIpc) is 2.38. The summed E-state index contributed by atoms with van der Waals surface area (Å²) in [5.74, 6) is 0.995. The molecule has 0 bridgehead atoms. The third kappa shape index (κ3) is 3.69. The lowest BCUT2D eigenvalue weighted by molar-refractivity contribution is 0.167. The fraction of sp³-hybridized carbons (Fsp3) is 0.267. The minimum absolute atomic E-state index is 0.238. The maximum absolute atomic E-state index is 9.54. The van der Waals surface area contributed by atoms with Crippen molar-refractivity contribution >= 4 is 16.6 Å². The lowest BCUT2D eigenvalue weighted by Gasteiger charge is -2.09. The largest absolute Gasteiger partial charge is 0.508 e. The molecule has 0 unspecified atom stereocenters. The lowest BCUT2D eigenvalue weighted by atomic mass is 10.1. The molecule has 0 aliphatic heterocycles. The van der Waals surface area contributed by atoms with Crippen molar-refractivity contribution in [2.24, 2.45) is 0 Å². The number of hydrogen-bond acceptors (Lipinski definition) is 4. The van der Waals surface area contributed by atoms with E-state index >= 15 is 0 Å². The number of pyridine rings is 1. The lowest BCUT2D eigenvalue weighted by Crippen LogP contribution is -2.11. The second-order valence-electron chi connectivity index (χ2n) is 4.50. The molecule has 0 saturated heterocycles. The van der Waals surface area contributed by atoms with Crippen molar-refractivity contribution < 1.29 is 9.84 Å². The summed E-state index contributed by atoms with van der Waals surface area (Å²) in [6.07, 6.45) is 1.75. The van der Waals surface area contributed by atoms with E-state index in [1.807, 2.05) is 19.1 Å². The van der Waals surface area contributed by atoms with Gasteiger partial charge in [-0.3, -0.25) is 0 Å². The van der Waals surface area contributed by atoms with Crippen molar-refractivity contribution in [3.63, 3.8) is 0 Å². The third-order valence-electron chi connectivity index (χ3n) is 2.64. The maximum atomic E-state index is 9.54. The molecule has 0 amide bonds. The number of aromatic hydroxyl groups is 1. The topological polar surface area (TPSA) is 54.4 Å². The average molecular weight is 258 g/mol. The number of phenols is 1. The minimum Gasteiger partial charge on any atom is -0.508 e. The van der Waals surface area contributed by atoms with Crippen molar-refractivity contribution in [1.29, 1.82) is 0 Å². The molecule has 4 nitrogen and oxygen atoms in total. The Morgan fingerprint density at radius 2 is 2.26 bits per heavy atom. The summed E-state index contributed by atoms with van der Waals surface area (Å²) in [7, 11) is 0. The van der Waals surface area contributed by atoms with Crippen LogP contribution < -0.4 is 5.32 Å². The SMILES string of the molecule is C=C(C)COCCNc1nccc2ccc(O)cc12. The summed E-state index contributed by atoms with van der Waals surface area (Å²) in [5.41, 5.74) is 1.01. The number of rotatable bonds is 6. The van der Waals surface area contributed by atoms with E-state index in [1.165, 1.54) is 0 Å². The first-order chi connectivity index (χ1) is 9.16. The van der Waals surface area contributed by atoms with E-state index in [4.69, 9.17) is 4.74 Å². The first-order valence-electron chi connectivity index (χ1n) is 6.20. The Hall–Kier alpha value is -2.07. The highest BCUT2D eigenvalue weighted by Crippen LogP contribution is 2.24. The van der Waals surface area contributed by atoms with Crippen LogP contribution in [-0.2, 0) is 4.74 Å².